The van der Waals surface area contributed by atoms with E-state index in [0.29, 0.717) is 11.6 Å². The first-order valence-corrected chi connectivity index (χ1v) is 6.23. The lowest BCUT2D eigenvalue weighted by molar-refractivity contribution is -0.133. The zero-order valence-corrected chi connectivity index (χ0v) is 11.4. The number of hydrogen-bond acceptors (Lipinski definition) is 5. The number of nitrogens with zero attached hydrogens (tertiary/aromatic N) is 1. The van der Waals surface area contributed by atoms with Gasteiger partial charge in [-0.05, 0) is 13.8 Å². The molecule has 18 heavy (non-hydrogen) atoms. The predicted octanol–water partition coefficient (Wildman–Crippen LogP) is 1.24. The van der Waals surface area contributed by atoms with E-state index in [-0.39, 0.29) is 12.5 Å². The highest BCUT2D eigenvalue weighted by Crippen LogP contribution is 2.19. The molecule has 0 aliphatic heterocycles. The van der Waals surface area contributed by atoms with Gasteiger partial charge in [-0.15, -0.1) is 0 Å². The summed E-state index contributed by atoms with van der Waals surface area (Å²) in [6.07, 6.45) is 2.01. The van der Waals surface area contributed by atoms with E-state index in [9.17, 15) is 4.79 Å². The number of aliphatic hydroxyl groups is 1. The normalized spacial score (nSPS) is 10.7. The standard InChI is InChI=1S/C12H16N2O3S/c1-12(2,17-3)10(16)14-11-13-8-9(18-11)6-4-5-7-15/h8,15H,5,7H2,1-3H3,(H,13,14,16). The summed E-state index contributed by atoms with van der Waals surface area (Å²) in [6.45, 7) is 3.40. The molecule has 0 bridgehead atoms. The van der Waals surface area contributed by atoms with Crippen molar-refractivity contribution in [2.24, 2.45) is 0 Å². The fourth-order valence-corrected chi connectivity index (χ4v) is 1.62. The first-order chi connectivity index (χ1) is 8.49. The summed E-state index contributed by atoms with van der Waals surface area (Å²) in [5.41, 5.74) is -0.894. The van der Waals surface area contributed by atoms with Crippen molar-refractivity contribution >= 4 is 22.4 Å². The summed E-state index contributed by atoms with van der Waals surface area (Å²) >= 11 is 1.28. The first-order valence-electron chi connectivity index (χ1n) is 5.42. The third-order valence-electron chi connectivity index (χ3n) is 2.23. The summed E-state index contributed by atoms with van der Waals surface area (Å²) < 4.78 is 5.07. The van der Waals surface area contributed by atoms with E-state index in [1.54, 1.807) is 20.0 Å². The molecule has 1 aromatic rings. The van der Waals surface area contributed by atoms with Gasteiger partial charge in [0.1, 0.15) is 5.60 Å². The molecule has 0 radical (unpaired) electrons. The molecule has 1 aromatic heterocycles. The van der Waals surface area contributed by atoms with Crippen LogP contribution in [0.2, 0.25) is 0 Å². The van der Waals surface area contributed by atoms with E-state index in [4.69, 9.17) is 9.84 Å². The van der Waals surface area contributed by atoms with Crippen molar-refractivity contribution in [2.45, 2.75) is 25.9 Å². The van der Waals surface area contributed by atoms with Gasteiger partial charge in [0.15, 0.2) is 5.13 Å². The van der Waals surface area contributed by atoms with Crippen LogP contribution in [0.1, 0.15) is 25.1 Å². The molecular weight excluding hydrogens is 252 g/mol. The molecule has 0 aromatic carbocycles. The molecular formula is C12H16N2O3S. The number of aliphatic hydroxyl groups excluding tert-OH is 1. The van der Waals surface area contributed by atoms with Crippen molar-refractivity contribution in [2.75, 3.05) is 19.0 Å². The minimum Gasteiger partial charge on any atom is -0.395 e. The zero-order chi connectivity index (χ0) is 13.6. The third-order valence-corrected chi connectivity index (χ3v) is 3.06. The Balaban J connectivity index is 2.65. The molecule has 1 rings (SSSR count). The Morgan fingerprint density at radius 2 is 2.39 bits per heavy atom. The van der Waals surface area contributed by atoms with E-state index in [0.717, 1.165) is 4.88 Å². The number of amides is 1. The van der Waals surface area contributed by atoms with Gasteiger partial charge in [-0.25, -0.2) is 4.98 Å². The topological polar surface area (TPSA) is 71.5 Å². The second-order valence-electron chi connectivity index (χ2n) is 3.97. The van der Waals surface area contributed by atoms with Crippen molar-refractivity contribution in [1.29, 1.82) is 0 Å². The smallest absolute Gasteiger partial charge is 0.257 e. The van der Waals surface area contributed by atoms with E-state index in [2.05, 4.69) is 22.1 Å². The van der Waals surface area contributed by atoms with Gasteiger partial charge in [0.25, 0.3) is 5.91 Å². The molecule has 6 heteroatoms. The maximum absolute atomic E-state index is 11.8. The molecule has 0 aliphatic rings. The number of nitrogens with one attached hydrogen (secondary N) is 1. The number of thiazole rings is 1. The third kappa shape index (κ3) is 4.11. The highest BCUT2D eigenvalue weighted by Gasteiger charge is 2.27. The Morgan fingerprint density at radius 3 is 3.00 bits per heavy atom. The Morgan fingerprint density at radius 1 is 1.67 bits per heavy atom. The van der Waals surface area contributed by atoms with Crippen LogP contribution in [-0.4, -0.2) is 35.3 Å². The lowest BCUT2D eigenvalue weighted by Crippen LogP contribution is -2.38. The minimum absolute atomic E-state index is 0.0391. The molecule has 0 unspecified atom stereocenters. The van der Waals surface area contributed by atoms with E-state index in [1.165, 1.54) is 18.4 Å². The van der Waals surface area contributed by atoms with Crippen LogP contribution < -0.4 is 5.32 Å². The van der Waals surface area contributed by atoms with Gasteiger partial charge in [0.2, 0.25) is 0 Å². The fraction of sp³-hybridized carbons (Fsp3) is 0.500. The second-order valence-corrected chi connectivity index (χ2v) is 5.00. The maximum atomic E-state index is 11.8. The molecule has 0 saturated carbocycles. The van der Waals surface area contributed by atoms with Crippen molar-refractivity contribution in [1.82, 2.24) is 4.98 Å². The Labute approximate surface area is 110 Å². The number of carbonyl (C=O) groups is 1. The Bertz CT molecular complexity index is 471. The van der Waals surface area contributed by atoms with Crippen molar-refractivity contribution < 1.29 is 14.6 Å². The zero-order valence-electron chi connectivity index (χ0n) is 10.6. The number of carbonyl (C=O) groups excluding carboxylic acids is 1. The van der Waals surface area contributed by atoms with Crippen LogP contribution in [-0.2, 0) is 9.53 Å². The molecule has 1 heterocycles. The molecule has 0 saturated heterocycles. The van der Waals surface area contributed by atoms with E-state index >= 15 is 0 Å². The summed E-state index contributed by atoms with van der Waals surface area (Å²) in [4.78, 5) is 16.6. The number of rotatable bonds is 4. The highest BCUT2D eigenvalue weighted by molar-refractivity contribution is 7.16. The predicted molar refractivity (Wildman–Crippen MR) is 70.4 cm³/mol. The van der Waals surface area contributed by atoms with Gasteiger partial charge in [-0.1, -0.05) is 23.2 Å². The van der Waals surface area contributed by atoms with Gasteiger partial charge in [0.05, 0.1) is 17.7 Å². The number of hydrogen-bond donors (Lipinski definition) is 2. The molecule has 0 atom stereocenters. The van der Waals surface area contributed by atoms with Crippen molar-refractivity contribution in [3.63, 3.8) is 0 Å². The fourth-order valence-electron chi connectivity index (χ4n) is 0.936. The van der Waals surface area contributed by atoms with Gasteiger partial charge >= 0.3 is 0 Å². The van der Waals surface area contributed by atoms with Crippen LogP contribution >= 0.6 is 11.3 Å². The van der Waals surface area contributed by atoms with E-state index < -0.39 is 5.60 Å². The van der Waals surface area contributed by atoms with Crippen molar-refractivity contribution in [3.8, 4) is 11.8 Å². The molecule has 5 nitrogen and oxygen atoms in total. The van der Waals surface area contributed by atoms with Crippen LogP contribution in [0, 0.1) is 11.8 Å². The van der Waals surface area contributed by atoms with E-state index in [1.807, 2.05) is 0 Å². The first kappa shape index (κ1) is 14.6. The highest BCUT2D eigenvalue weighted by atomic mass is 32.1. The lowest BCUT2D eigenvalue weighted by Gasteiger charge is -2.20. The van der Waals surface area contributed by atoms with Crippen LogP contribution in [0.25, 0.3) is 0 Å². The quantitative estimate of drug-likeness (QED) is 0.806. The second kappa shape index (κ2) is 6.50. The van der Waals surface area contributed by atoms with Crippen LogP contribution in [0.4, 0.5) is 5.13 Å². The Kier molecular flexibility index (Phi) is 5.28. The summed E-state index contributed by atoms with van der Waals surface area (Å²) in [5.74, 6) is 5.39. The molecule has 0 spiro atoms. The van der Waals surface area contributed by atoms with Crippen LogP contribution in [0.15, 0.2) is 6.20 Å². The number of anilines is 1. The van der Waals surface area contributed by atoms with Crippen LogP contribution in [0.5, 0.6) is 0 Å². The molecule has 2 N–H and O–H groups in total. The average Bonchev–Trinajstić information content (AvgIpc) is 2.77. The van der Waals surface area contributed by atoms with Crippen molar-refractivity contribution in [3.05, 3.63) is 11.1 Å². The molecule has 1 amide bonds. The summed E-state index contributed by atoms with van der Waals surface area (Å²) in [7, 11) is 1.48. The molecule has 0 aliphatic carbocycles. The van der Waals surface area contributed by atoms with Gasteiger partial charge < -0.3 is 9.84 Å². The number of methoxy groups -OCH3 is 1. The number of aromatic nitrogens is 1. The van der Waals surface area contributed by atoms with Crippen LogP contribution in [0.3, 0.4) is 0 Å². The minimum atomic E-state index is -0.894. The largest absolute Gasteiger partial charge is 0.395 e. The molecule has 0 fully saturated rings. The van der Waals surface area contributed by atoms with Gasteiger partial charge in [-0.2, -0.15) is 0 Å². The summed E-state index contributed by atoms with van der Waals surface area (Å²) in [6, 6.07) is 0. The van der Waals surface area contributed by atoms with Gasteiger partial charge in [-0.3, -0.25) is 10.1 Å². The maximum Gasteiger partial charge on any atom is 0.257 e. The van der Waals surface area contributed by atoms with Gasteiger partial charge in [0, 0.05) is 13.5 Å². The SMILES string of the molecule is COC(C)(C)C(=O)Nc1ncc(C#CCCO)s1. The average molecular weight is 268 g/mol. The monoisotopic (exact) mass is 268 g/mol. The lowest BCUT2D eigenvalue weighted by atomic mass is 10.1. The Hall–Kier alpha value is -1.42. The summed E-state index contributed by atoms with van der Waals surface area (Å²) in [5, 5.41) is 11.8. The number of ether oxygens (including phenoxy) is 1. The molecule has 98 valence electrons.